The summed E-state index contributed by atoms with van der Waals surface area (Å²) in [7, 11) is 0. The maximum absolute atomic E-state index is 12.1. The quantitative estimate of drug-likeness (QED) is 0.0283. The lowest BCUT2D eigenvalue weighted by Crippen LogP contribution is -2.17. The van der Waals surface area contributed by atoms with E-state index in [0.717, 1.165) is 30.6 Å². The molecule has 0 unspecified atom stereocenters. The Hall–Kier alpha value is -2.01. The van der Waals surface area contributed by atoms with Crippen molar-refractivity contribution in [3.8, 4) is 0 Å². The predicted molar refractivity (Wildman–Crippen MR) is 230 cm³/mol. The van der Waals surface area contributed by atoms with Crippen molar-refractivity contribution in [2.45, 2.75) is 125 Å². The van der Waals surface area contributed by atoms with Gasteiger partial charge in [0.05, 0.1) is 112 Å². The van der Waals surface area contributed by atoms with Crippen LogP contribution >= 0.6 is 12.6 Å². The van der Waals surface area contributed by atoms with Gasteiger partial charge in [-0.3, -0.25) is 19.2 Å². The van der Waals surface area contributed by atoms with Crippen LogP contribution in [0.4, 0.5) is 0 Å². The molecule has 348 valence electrons. The van der Waals surface area contributed by atoms with Crippen LogP contribution in [0.25, 0.3) is 0 Å². The van der Waals surface area contributed by atoms with Crippen molar-refractivity contribution in [3.63, 3.8) is 0 Å². The number of carbonyl (C=O) groups is 4. The van der Waals surface area contributed by atoms with Crippen LogP contribution in [0.15, 0.2) is 0 Å². The van der Waals surface area contributed by atoms with Gasteiger partial charge in [0.1, 0.15) is 19.8 Å². The molecule has 0 aliphatic heterocycles. The average Bonchev–Trinajstić information content (AvgIpc) is 3.19. The molecule has 0 amide bonds. The van der Waals surface area contributed by atoms with Crippen molar-refractivity contribution in [2.75, 3.05) is 111 Å². The van der Waals surface area contributed by atoms with Gasteiger partial charge in [-0.25, -0.2) is 0 Å². The van der Waals surface area contributed by atoms with Gasteiger partial charge in [-0.05, 0) is 30.1 Å². The third-order valence-corrected chi connectivity index (χ3v) is 9.58. The summed E-state index contributed by atoms with van der Waals surface area (Å²) in [5.74, 6) is 1.70. The van der Waals surface area contributed by atoms with Gasteiger partial charge in [-0.1, -0.05) is 92.4 Å². The van der Waals surface area contributed by atoms with Crippen LogP contribution in [0.2, 0.25) is 0 Å². The minimum absolute atomic E-state index is 0.000606. The number of hydrogen-bond acceptors (Lipinski definition) is 15. The minimum Gasteiger partial charge on any atom is -0.466 e. The maximum Gasteiger partial charge on any atom is 0.306 e. The number of rotatable bonds is 44. The molecular formula is C44H82O14S. The summed E-state index contributed by atoms with van der Waals surface area (Å²) in [6.45, 7) is 16.5. The Bertz CT molecular complexity index is 1000. The first-order chi connectivity index (χ1) is 28.5. The van der Waals surface area contributed by atoms with Gasteiger partial charge in [0.15, 0.2) is 0 Å². The normalized spacial score (nSPS) is 12.9. The molecule has 3 atom stereocenters. The number of hydrogen-bond donors (Lipinski definition) is 1. The molecule has 14 nitrogen and oxygen atoms in total. The van der Waals surface area contributed by atoms with Crippen molar-refractivity contribution in [1.29, 1.82) is 0 Å². The van der Waals surface area contributed by atoms with Gasteiger partial charge in [0.25, 0.3) is 0 Å². The molecule has 0 rings (SSSR count). The number of carbonyl (C=O) groups excluding carboxylic acids is 4. The highest BCUT2D eigenvalue weighted by Gasteiger charge is 2.12. The molecule has 0 fully saturated rings. The van der Waals surface area contributed by atoms with Crippen molar-refractivity contribution in [3.05, 3.63) is 0 Å². The van der Waals surface area contributed by atoms with Gasteiger partial charge < -0.3 is 47.4 Å². The van der Waals surface area contributed by atoms with E-state index in [9.17, 15) is 19.2 Å². The molecule has 0 bridgehead atoms. The minimum atomic E-state index is -0.515. The van der Waals surface area contributed by atoms with Crippen LogP contribution in [0.3, 0.4) is 0 Å². The van der Waals surface area contributed by atoms with Gasteiger partial charge >= 0.3 is 23.9 Å². The standard InChI is InChI=1S/C44H82O14S/c1-37(2)9-6-10-38(3)11-7-12-39(4)13-8-14-40(5)19-20-55-41(45)15-16-42(46)56-32-29-51-24-21-49-22-25-52-30-33-57-43(47)17-18-44(48)58-34-31-53-26-23-50-27-28-54-35-36-59/h37-40,59H,6-36H2,1-5H3/t38-,39-,40-/m1/s1. The van der Waals surface area contributed by atoms with Crippen LogP contribution in [0, 0.1) is 23.7 Å². The lowest BCUT2D eigenvalue weighted by atomic mass is 9.91. The number of ether oxygens (including phenoxy) is 10. The summed E-state index contributed by atoms with van der Waals surface area (Å²) >= 11 is 4.05. The SMILES string of the molecule is CC(C)CCC[C@@H](C)CCC[C@@H](C)CCC[C@@H](C)CCOC(=O)CCC(=O)OCCOCCOCCOCCOC(=O)CCC(=O)OCCOCCOCCOCCS. The van der Waals surface area contributed by atoms with E-state index in [1.807, 2.05) is 0 Å². The molecule has 0 radical (unpaired) electrons. The molecule has 0 saturated carbocycles. The molecule has 0 N–H and O–H groups in total. The highest BCUT2D eigenvalue weighted by atomic mass is 32.1. The summed E-state index contributed by atoms with van der Waals surface area (Å²) in [5.41, 5.74) is 0. The van der Waals surface area contributed by atoms with Gasteiger partial charge in [0, 0.05) is 5.75 Å². The van der Waals surface area contributed by atoms with Crippen molar-refractivity contribution < 1.29 is 66.5 Å². The Morgan fingerprint density at radius 1 is 0.339 bits per heavy atom. The maximum atomic E-state index is 12.1. The topological polar surface area (TPSA) is 161 Å². The molecule has 59 heavy (non-hydrogen) atoms. The first-order valence-electron chi connectivity index (χ1n) is 22.2. The fourth-order valence-corrected chi connectivity index (χ4v) is 5.93. The number of thiol groups is 1. The van der Waals surface area contributed by atoms with Crippen LogP contribution in [-0.2, 0) is 66.5 Å². The van der Waals surface area contributed by atoms with Crippen molar-refractivity contribution in [1.82, 2.24) is 0 Å². The van der Waals surface area contributed by atoms with Gasteiger partial charge in [-0.2, -0.15) is 12.6 Å². The molecule has 0 aromatic heterocycles. The van der Waals surface area contributed by atoms with E-state index in [4.69, 9.17) is 47.4 Å². The van der Waals surface area contributed by atoms with E-state index in [2.05, 4.69) is 47.2 Å². The van der Waals surface area contributed by atoms with Crippen LogP contribution in [-0.4, -0.2) is 135 Å². The van der Waals surface area contributed by atoms with E-state index in [1.165, 1.54) is 51.4 Å². The summed E-state index contributed by atoms with van der Waals surface area (Å²) in [4.78, 5) is 47.6. The molecule has 0 aliphatic carbocycles. The lowest BCUT2D eigenvalue weighted by molar-refractivity contribution is -0.152. The molecule has 0 aromatic carbocycles. The summed E-state index contributed by atoms with van der Waals surface area (Å²) in [6.07, 6.45) is 12.3. The fourth-order valence-electron chi connectivity index (χ4n) is 5.80. The Balaban J connectivity index is 3.52. The molecule has 0 aliphatic rings. The van der Waals surface area contributed by atoms with E-state index in [0.29, 0.717) is 77.7 Å². The Labute approximate surface area is 361 Å². The summed E-state index contributed by atoms with van der Waals surface area (Å²) in [6, 6.07) is 0. The van der Waals surface area contributed by atoms with Crippen LogP contribution in [0.1, 0.15) is 125 Å². The van der Waals surface area contributed by atoms with E-state index in [-0.39, 0.29) is 71.3 Å². The second kappa shape index (κ2) is 42.7. The monoisotopic (exact) mass is 867 g/mol. The fraction of sp³-hybridized carbons (Fsp3) is 0.909. The lowest BCUT2D eigenvalue weighted by Gasteiger charge is -2.16. The zero-order valence-electron chi connectivity index (χ0n) is 37.4. The third kappa shape index (κ3) is 43.9. The van der Waals surface area contributed by atoms with E-state index < -0.39 is 17.9 Å². The molecule has 0 heterocycles. The first-order valence-corrected chi connectivity index (χ1v) is 22.9. The Morgan fingerprint density at radius 3 is 0.898 bits per heavy atom. The van der Waals surface area contributed by atoms with Gasteiger partial charge in [0.2, 0.25) is 0 Å². The van der Waals surface area contributed by atoms with Gasteiger partial charge in [-0.15, -0.1) is 0 Å². The highest BCUT2D eigenvalue weighted by Crippen LogP contribution is 2.22. The predicted octanol–water partition coefficient (Wildman–Crippen LogP) is 7.21. The zero-order valence-corrected chi connectivity index (χ0v) is 38.3. The molecule has 0 spiro atoms. The van der Waals surface area contributed by atoms with Crippen molar-refractivity contribution in [2.24, 2.45) is 23.7 Å². The largest absolute Gasteiger partial charge is 0.466 e. The highest BCUT2D eigenvalue weighted by molar-refractivity contribution is 7.80. The Kier molecular flexibility index (Phi) is 41.2. The number of esters is 4. The molecule has 0 aromatic rings. The second-order valence-corrected chi connectivity index (χ2v) is 16.0. The molecular weight excluding hydrogens is 785 g/mol. The Morgan fingerprint density at radius 2 is 0.593 bits per heavy atom. The molecule has 15 heteroatoms. The van der Waals surface area contributed by atoms with Crippen LogP contribution < -0.4 is 0 Å². The molecule has 0 saturated heterocycles. The average molecular weight is 867 g/mol. The smallest absolute Gasteiger partial charge is 0.306 e. The third-order valence-electron chi connectivity index (χ3n) is 9.40. The summed E-state index contributed by atoms with van der Waals surface area (Å²) in [5, 5.41) is 0. The zero-order chi connectivity index (χ0) is 43.6. The second-order valence-electron chi connectivity index (χ2n) is 15.6. The van der Waals surface area contributed by atoms with Crippen molar-refractivity contribution >= 4 is 36.5 Å². The van der Waals surface area contributed by atoms with E-state index >= 15 is 0 Å². The van der Waals surface area contributed by atoms with Crippen LogP contribution in [0.5, 0.6) is 0 Å². The van der Waals surface area contributed by atoms with E-state index in [1.54, 1.807) is 0 Å². The summed E-state index contributed by atoms with van der Waals surface area (Å²) < 4.78 is 52.6. The first kappa shape index (κ1) is 57.0.